The van der Waals surface area contributed by atoms with Crippen LogP contribution in [-0.4, -0.2) is 51.5 Å². The fourth-order valence-corrected chi connectivity index (χ4v) is 4.20. The van der Waals surface area contributed by atoms with Gasteiger partial charge in [0, 0.05) is 12.2 Å². The molecule has 3 rings (SSSR count). The number of amides is 2. The van der Waals surface area contributed by atoms with E-state index in [1.54, 1.807) is 31.2 Å². The number of rotatable bonds is 12. The Bertz CT molecular complexity index is 1210. The summed E-state index contributed by atoms with van der Waals surface area (Å²) in [5, 5.41) is 14.5. The first-order valence-corrected chi connectivity index (χ1v) is 12.9. The zero-order chi connectivity index (χ0) is 26.8. The maximum absolute atomic E-state index is 12.5. The lowest BCUT2D eigenvalue weighted by molar-refractivity contribution is -0.127. The number of aryl methyl sites for hydroxylation is 1. The molecule has 1 atom stereocenters. The molecule has 3 aromatic rings. The van der Waals surface area contributed by atoms with E-state index in [0.29, 0.717) is 34.5 Å². The highest BCUT2D eigenvalue weighted by Crippen LogP contribution is 2.19. The lowest BCUT2D eigenvalue weighted by Gasteiger charge is -2.15. The summed E-state index contributed by atoms with van der Waals surface area (Å²) in [5.74, 6) is 0.393. The second-order valence-electron chi connectivity index (χ2n) is 8.02. The van der Waals surface area contributed by atoms with Crippen LogP contribution in [0.5, 0.6) is 5.75 Å². The van der Waals surface area contributed by atoms with Crippen molar-refractivity contribution in [1.82, 2.24) is 20.1 Å². The van der Waals surface area contributed by atoms with Gasteiger partial charge in [-0.05, 0) is 62.2 Å². The molecule has 0 radical (unpaired) electrons. The molecule has 1 aromatic heterocycles. The van der Waals surface area contributed by atoms with Crippen molar-refractivity contribution in [3.05, 3.63) is 65.5 Å². The van der Waals surface area contributed by atoms with Gasteiger partial charge in [0.2, 0.25) is 5.91 Å². The van der Waals surface area contributed by atoms with Crippen LogP contribution in [0.3, 0.4) is 0 Å². The van der Waals surface area contributed by atoms with E-state index >= 15 is 0 Å². The number of methoxy groups -OCH3 is 1. The topological polar surface area (TPSA) is 124 Å². The quantitative estimate of drug-likeness (QED) is 0.272. The van der Waals surface area contributed by atoms with Gasteiger partial charge in [-0.15, -0.1) is 10.2 Å². The minimum atomic E-state index is -0.676. The third-order valence-electron chi connectivity index (χ3n) is 5.47. The van der Waals surface area contributed by atoms with E-state index < -0.39 is 12.1 Å². The van der Waals surface area contributed by atoms with Crippen LogP contribution in [0.4, 0.5) is 5.69 Å². The summed E-state index contributed by atoms with van der Waals surface area (Å²) in [6.45, 7) is 6.46. The number of anilines is 1. The molecule has 10 nitrogen and oxygen atoms in total. The van der Waals surface area contributed by atoms with Gasteiger partial charge in [0.15, 0.2) is 17.1 Å². The Kier molecular flexibility index (Phi) is 10.1. The second kappa shape index (κ2) is 13.4. The molecule has 11 heteroatoms. The monoisotopic (exact) mass is 525 g/mol. The van der Waals surface area contributed by atoms with E-state index in [-0.39, 0.29) is 24.1 Å². The van der Waals surface area contributed by atoms with E-state index in [9.17, 15) is 14.4 Å². The second-order valence-corrected chi connectivity index (χ2v) is 8.97. The number of aromatic nitrogens is 3. The van der Waals surface area contributed by atoms with Crippen LogP contribution in [0.25, 0.3) is 0 Å². The van der Waals surface area contributed by atoms with Crippen LogP contribution in [0.2, 0.25) is 0 Å². The first-order valence-electron chi connectivity index (χ1n) is 11.9. The number of benzene rings is 2. The predicted molar refractivity (Wildman–Crippen MR) is 141 cm³/mol. The van der Waals surface area contributed by atoms with Crippen molar-refractivity contribution in [2.24, 2.45) is 0 Å². The summed E-state index contributed by atoms with van der Waals surface area (Å²) in [7, 11) is 1.31. The Morgan fingerprint density at radius 3 is 2.35 bits per heavy atom. The average Bonchev–Trinajstić information content (AvgIpc) is 3.32. The molecule has 0 saturated carbocycles. The van der Waals surface area contributed by atoms with E-state index in [2.05, 4.69) is 32.5 Å². The summed E-state index contributed by atoms with van der Waals surface area (Å²) in [6, 6.07) is 14.1. The Labute approximate surface area is 220 Å². The molecule has 0 aliphatic rings. The molecule has 0 spiro atoms. The molecule has 2 amide bonds. The van der Waals surface area contributed by atoms with Crippen molar-refractivity contribution in [1.29, 1.82) is 0 Å². The van der Waals surface area contributed by atoms with Crippen LogP contribution in [0.1, 0.15) is 42.5 Å². The van der Waals surface area contributed by atoms with Crippen LogP contribution < -0.4 is 15.4 Å². The van der Waals surface area contributed by atoms with Gasteiger partial charge in [0.05, 0.1) is 25.0 Å². The van der Waals surface area contributed by atoms with E-state index in [0.717, 1.165) is 6.42 Å². The minimum Gasteiger partial charge on any atom is -0.481 e. The number of esters is 1. The smallest absolute Gasteiger partial charge is 0.337 e. The van der Waals surface area contributed by atoms with Crippen molar-refractivity contribution >= 4 is 35.2 Å². The average molecular weight is 526 g/mol. The summed E-state index contributed by atoms with van der Waals surface area (Å²) in [5.41, 5.74) is 2.16. The molecule has 2 N–H and O–H groups in total. The van der Waals surface area contributed by atoms with Gasteiger partial charge in [0.1, 0.15) is 5.75 Å². The van der Waals surface area contributed by atoms with E-state index in [4.69, 9.17) is 4.74 Å². The highest BCUT2D eigenvalue weighted by atomic mass is 32.2. The fourth-order valence-electron chi connectivity index (χ4n) is 3.38. The minimum absolute atomic E-state index is 0.116. The molecule has 0 saturated heterocycles. The maximum atomic E-state index is 12.5. The van der Waals surface area contributed by atoms with Crippen molar-refractivity contribution in [2.75, 3.05) is 18.2 Å². The summed E-state index contributed by atoms with van der Waals surface area (Å²) in [6.07, 6.45) is 0.260. The number of nitrogens with one attached hydrogen (secondary N) is 2. The number of hydrogen-bond donors (Lipinski definition) is 2. The van der Waals surface area contributed by atoms with Gasteiger partial charge in [-0.2, -0.15) is 0 Å². The van der Waals surface area contributed by atoms with Gasteiger partial charge in [0.25, 0.3) is 5.91 Å². The molecule has 0 aliphatic heterocycles. The Hall–Kier alpha value is -3.86. The fraction of sp³-hybridized carbons (Fsp3) is 0.346. The molecule has 196 valence electrons. The van der Waals surface area contributed by atoms with Gasteiger partial charge >= 0.3 is 5.97 Å². The van der Waals surface area contributed by atoms with E-state index in [1.807, 2.05) is 35.8 Å². The SMILES string of the molecule is CCc1ccc(O[C@@H](C)C(=O)NCc2nnc(SCC(=O)Nc3ccc(C(=O)OC)cc3)n2CC)cc1. The van der Waals surface area contributed by atoms with Crippen molar-refractivity contribution in [2.45, 2.75) is 51.5 Å². The molecule has 37 heavy (non-hydrogen) atoms. The van der Waals surface area contributed by atoms with Crippen LogP contribution in [0, 0.1) is 0 Å². The van der Waals surface area contributed by atoms with E-state index in [1.165, 1.54) is 24.4 Å². The van der Waals surface area contributed by atoms with Crippen molar-refractivity contribution in [3.63, 3.8) is 0 Å². The normalized spacial score (nSPS) is 11.5. The van der Waals surface area contributed by atoms with Crippen LogP contribution in [0.15, 0.2) is 53.7 Å². The Balaban J connectivity index is 1.49. The van der Waals surface area contributed by atoms with Gasteiger partial charge in [-0.3, -0.25) is 9.59 Å². The first kappa shape index (κ1) is 27.7. The number of hydrogen-bond acceptors (Lipinski definition) is 8. The van der Waals surface area contributed by atoms with Crippen molar-refractivity contribution < 1.29 is 23.9 Å². The third-order valence-corrected chi connectivity index (χ3v) is 6.43. The summed E-state index contributed by atoms with van der Waals surface area (Å²) < 4.78 is 12.3. The molecule has 0 unspecified atom stereocenters. The summed E-state index contributed by atoms with van der Waals surface area (Å²) in [4.78, 5) is 36.5. The predicted octanol–water partition coefficient (Wildman–Crippen LogP) is 3.46. The lowest BCUT2D eigenvalue weighted by Crippen LogP contribution is -2.36. The Morgan fingerprint density at radius 2 is 1.73 bits per heavy atom. The molecule has 2 aromatic carbocycles. The number of ether oxygens (including phenoxy) is 2. The molecule has 1 heterocycles. The maximum Gasteiger partial charge on any atom is 0.337 e. The number of carbonyl (C=O) groups excluding carboxylic acids is 3. The molecular weight excluding hydrogens is 494 g/mol. The van der Waals surface area contributed by atoms with Crippen molar-refractivity contribution in [3.8, 4) is 5.75 Å². The van der Waals surface area contributed by atoms with Gasteiger partial charge in [-0.25, -0.2) is 4.79 Å². The lowest BCUT2D eigenvalue weighted by atomic mass is 10.2. The number of thioether (sulfide) groups is 1. The van der Waals surface area contributed by atoms with Gasteiger partial charge < -0.3 is 24.7 Å². The number of nitrogens with zero attached hydrogens (tertiary/aromatic N) is 3. The van der Waals surface area contributed by atoms with Crippen LogP contribution in [-0.2, 0) is 33.8 Å². The Morgan fingerprint density at radius 1 is 1.03 bits per heavy atom. The standard InChI is InChI=1S/C26H31N5O5S/c1-5-18-7-13-21(14-8-18)36-17(3)24(33)27-15-22-29-30-26(31(22)6-2)37-16-23(32)28-20-11-9-19(10-12-20)25(34)35-4/h7-14,17H,5-6,15-16H2,1-4H3,(H,27,33)(H,28,32)/t17-/m0/s1. The largest absolute Gasteiger partial charge is 0.481 e. The third kappa shape index (κ3) is 7.81. The molecule has 0 bridgehead atoms. The number of carbonyl (C=O) groups is 3. The summed E-state index contributed by atoms with van der Waals surface area (Å²) >= 11 is 1.24. The molecular formula is C26H31N5O5S. The molecule has 0 fully saturated rings. The van der Waals surface area contributed by atoms with Crippen LogP contribution >= 0.6 is 11.8 Å². The zero-order valence-corrected chi connectivity index (χ0v) is 22.1. The first-order chi connectivity index (χ1) is 17.8. The zero-order valence-electron chi connectivity index (χ0n) is 21.3. The van der Waals surface area contributed by atoms with Gasteiger partial charge in [-0.1, -0.05) is 30.8 Å². The highest BCUT2D eigenvalue weighted by Gasteiger charge is 2.18. The highest BCUT2D eigenvalue weighted by molar-refractivity contribution is 7.99. The molecule has 0 aliphatic carbocycles.